The molecule has 24 heavy (non-hydrogen) atoms. The lowest BCUT2D eigenvalue weighted by Crippen LogP contribution is -2.08. The van der Waals surface area contributed by atoms with E-state index in [0.717, 1.165) is 51.4 Å². The molecule has 0 aromatic rings. The largest absolute Gasteiger partial charge is 0.463 e. The predicted octanol–water partition coefficient (Wildman–Crippen LogP) is 4.75. The number of hydrogen-bond acceptors (Lipinski definition) is 4. The molecule has 0 aromatic carbocycles. The maximum absolute atomic E-state index is 11.2. The van der Waals surface area contributed by atoms with E-state index in [2.05, 4.69) is 6.92 Å². The second-order valence-electron chi connectivity index (χ2n) is 6.81. The van der Waals surface area contributed by atoms with Crippen LogP contribution in [0, 0.1) is 0 Å². The molecule has 0 aliphatic heterocycles. The van der Waals surface area contributed by atoms with Crippen LogP contribution in [0.15, 0.2) is 0 Å². The molecule has 0 amide bonds. The van der Waals surface area contributed by atoms with Gasteiger partial charge in [0.15, 0.2) is 0 Å². The van der Waals surface area contributed by atoms with Gasteiger partial charge in [-0.15, -0.1) is 0 Å². The third-order valence-corrected chi connectivity index (χ3v) is 4.41. The first-order valence-corrected chi connectivity index (χ1v) is 10.1. The summed E-state index contributed by atoms with van der Waals surface area (Å²) in [7, 11) is 0. The molecule has 1 unspecified atom stereocenters. The van der Waals surface area contributed by atoms with Crippen molar-refractivity contribution in [1.82, 2.24) is 0 Å². The third kappa shape index (κ3) is 17.7. The van der Waals surface area contributed by atoms with Gasteiger partial charge >= 0.3 is 5.97 Å². The second kappa shape index (κ2) is 18.7. The lowest BCUT2D eigenvalue weighted by Gasteiger charge is -2.10. The predicted molar refractivity (Wildman–Crippen MR) is 99.0 cm³/mol. The number of ether oxygens (including phenoxy) is 1. The number of unbranched alkanes of at least 4 members (excludes halogenated alkanes) is 10. The number of carbonyl (C=O) groups excluding carboxylic acids is 1. The standard InChI is InChI=1S/C20H40O4/c1-2-3-4-5-6-8-11-14-19(22)15-12-9-7-10-13-16-20(23)24-18-17-21/h19,21-22H,2-18H2,1H3. The van der Waals surface area contributed by atoms with Crippen molar-refractivity contribution in [2.75, 3.05) is 13.2 Å². The van der Waals surface area contributed by atoms with E-state index in [0.29, 0.717) is 6.42 Å². The SMILES string of the molecule is CCCCCCCCCC(O)CCCCCCCC(=O)OCCO. The zero-order chi connectivity index (χ0) is 17.9. The molecule has 4 nitrogen and oxygen atoms in total. The van der Waals surface area contributed by atoms with E-state index in [4.69, 9.17) is 9.84 Å². The summed E-state index contributed by atoms with van der Waals surface area (Å²) in [5, 5.41) is 18.5. The number of aliphatic hydroxyl groups excluding tert-OH is 2. The molecular weight excluding hydrogens is 304 g/mol. The Labute approximate surface area is 149 Å². The number of carbonyl (C=O) groups is 1. The van der Waals surface area contributed by atoms with Gasteiger partial charge in [-0.2, -0.15) is 0 Å². The van der Waals surface area contributed by atoms with Gasteiger partial charge in [-0.25, -0.2) is 0 Å². The highest BCUT2D eigenvalue weighted by molar-refractivity contribution is 5.69. The summed E-state index contributed by atoms with van der Waals surface area (Å²) in [5.41, 5.74) is 0. The summed E-state index contributed by atoms with van der Waals surface area (Å²) in [4.78, 5) is 11.2. The lowest BCUT2D eigenvalue weighted by atomic mass is 10.0. The first kappa shape index (κ1) is 23.4. The molecule has 0 rings (SSSR count). The van der Waals surface area contributed by atoms with Crippen molar-refractivity contribution >= 4 is 5.97 Å². The highest BCUT2D eigenvalue weighted by atomic mass is 16.5. The van der Waals surface area contributed by atoms with E-state index in [-0.39, 0.29) is 25.3 Å². The minimum Gasteiger partial charge on any atom is -0.463 e. The van der Waals surface area contributed by atoms with E-state index in [9.17, 15) is 9.90 Å². The Morgan fingerprint density at radius 3 is 1.88 bits per heavy atom. The molecule has 0 saturated carbocycles. The molecule has 0 saturated heterocycles. The zero-order valence-corrected chi connectivity index (χ0v) is 15.8. The molecular formula is C20H40O4. The zero-order valence-electron chi connectivity index (χ0n) is 15.8. The quantitative estimate of drug-likeness (QED) is 0.278. The number of rotatable bonds is 18. The van der Waals surface area contributed by atoms with E-state index in [1.165, 1.54) is 38.5 Å². The minimum absolute atomic E-state index is 0.104. The van der Waals surface area contributed by atoms with Crippen molar-refractivity contribution in [3.8, 4) is 0 Å². The minimum atomic E-state index is -0.214. The van der Waals surface area contributed by atoms with E-state index in [1.54, 1.807) is 0 Å². The van der Waals surface area contributed by atoms with Crippen molar-refractivity contribution < 1.29 is 19.7 Å². The van der Waals surface area contributed by atoms with Crippen LogP contribution in [0.3, 0.4) is 0 Å². The van der Waals surface area contributed by atoms with Gasteiger partial charge in [-0.3, -0.25) is 4.79 Å². The summed E-state index contributed by atoms with van der Waals surface area (Å²) in [6.45, 7) is 2.24. The second-order valence-corrected chi connectivity index (χ2v) is 6.81. The lowest BCUT2D eigenvalue weighted by molar-refractivity contribution is -0.144. The van der Waals surface area contributed by atoms with Gasteiger partial charge in [-0.1, -0.05) is 77.6 Å². The molecule has 0 spiro atoms. The van der Waals surface area contributed by atoms with Crippen LogP contribution in [-0.2, 0) is 9.53 Å². The molecule has 0 heterocycles. The normalized spacial score (nSPS) is 12.3. The fraction of sp³-hybridized carbons (Fsp3) is 0.950. The van der Waals surface area contributed by atoms with Gasteiger partial charge in [0.1, 0.15) is 6.61 Å². The summed E-state index contributed by atoms with van der Waals surface area (Å²) in [6.07, 6.45) is 16.4. The topological polar surface area (TPSA) is 66.8 Å². The van der Waals surface area contributed by atoms with E-state index in [1.807, 2.05) is 0 Å². The molecule has 0 bridgehead atoms. The summed E-state index contributed by atoms with van der Waals surface area (Å²) >= 11 is 0. The maximum atomic E-state index is 11.2. The van der Waals surface area contributed by atoms with Gasteiger partial charge in [0.05, 0.1) is 12.7 Å². The smallest absolute Gasteiger partial charge is 0.305 e. The van der Waals surface area contributed by atoms with Crippen molar-refractivity contribution in [3.63, 3.8) is 0 Å². The number of hydrogen-bond donors (Lipinski definition) is 2. The van der Waals surface area contributed by atoms with Crippen LogP contribution in [0.2, 0.25) is 0 Å². The van der Waals surface area contributed by atoms with Crippen LogP contribution in [0.1, 0.15) is 103 Å². The van der Waals surface area contributed by atoms with Crippen molar-refractivity contribution in [3.05, 3.63) is 0 Å². The average molecular weight is 345 g/mol. The van der Waals surface area contributed by atoms with Gasteiger partial charge in [0.2, 0.25) is 0 Å². The van der Waals surface area contributed by atoms with E-state index >= 15 is 0 Å². The van der Waals surface area contributed by atoms with Crippen LogP contribution < -0.4 is 0 Å². The molecule has 4 heteroatoms. The molecule has 0 aromatic heterocycles. The highest BCUT2D eigenvalue weighted by Gasteiger charge is 2.04. The molecule has 2 N–H and O–H groups in total. The van der Waals surface area contributed by atoms with Crippen LogP contribution in [-0.4, -0.2) is 35.5 Å². The third-order valence-electron chi connectivity index (χ3n) is 4.41. The number of esters is 1. The highest BCUT2D eigenvalue weighted by Crippen LogP contribution is 2.14. The van der Waals surface area contributed by atoms with Crippen LogP contribution in [0.4, 0.5) is 0 Å². The Morgan fingerprint density at radius 2 is 1.33 bits per heavy atom. The molecule has 1 atom stereocenters. The molecule has 0 radical (unpaired) electrons. The van der Waals surface area contributed by atoms with Gasteiger partial charge in [0, 0.05) is 6.42 Å². The van der Waals surface area contributed by atoms with Gasteiger partial charge < -0.3 is 14.9 Å². The van der Waals surface area contributed by atoms with E-state index < -0.39 is 0 Å². The van der Waals surface area contributed by atoms with Crippen LogP contribution >= 0.6 is 0 Å². The van der Waals surface area contributed by atoms with Crippen molar-refractivity contribution in [2.24, 2.45) is 0 Å². The van der Waals surface area contributed by atoms with Gasteiger partial charge in [0.25, 0.3) is 0 Å². The average Bonchev–Trinajstić information content (AvgIpc) is 2.58. The monoisotopic (exact) mass is 344 g/mol. The fourth-order valence-corrected chi connectivity index (χ4v) is 2.89. The Kier molecular flexibility index (Phi) is 18.2. The van der Waals surface area contributed by atoms with Crippen LogP contribution in [0.25, 0.3) is 0 Å². The summed E-state index contributed by atoms with van der Waals surface area (Å²) < 4.78 is 4.80. The first-order valence-electron chi connectivity index (χ1n) is 10.1. The van der Waals surface area contributed by atoms with Crippen molar-refractivity contribution in [2.45, 2.75) is 109 Å². The first-order chi connectivity index (χ1) is 11.7. The Bertz CT molecular complexity index is 268. The van der Waals surface area contributed by atoms with Crippen LogP contribution in [0.5, 0.6) is 0 Å². The Morgan fingerprint density at radius 1 is 0.833 bits per heavy atom. The van der Waals surface area contributed by atoms with Gasteiger partial charge in [-0.05, 0) is 19.3 Å². The fourth-order valence-electron chi connectivity index (χ4n) is 2.89. The summed E-state index contributed by atoms with van der Waals surface area (Å²) in [6, 6.07) is 0. The van der Waals surface area contributed by atoms with Crippen molar-refractivity contribution in [1.29, 1.82) is 0 Å². The number of aliphatic hydroxyl groups is 2. The Hall–Kier alpha value is -0.610. The molecule has 0 fully saturated rings. The summed E-state index contributed by atoms with van der Waals surface area (Å²) in [5.74, 6) is -0.214. The molecule has 0 aliphatic rings. The molecule has 0 aliphatic carbocycles. The Balaban J connectivity index is 3.23. The molecule has 144 valence electrons. The maximum Gasteiger partial charge on any atom is 0.305 e.